The molecule has 5 nitrogen and oxygen atoms in total. The van der Waals surface area contributed by atoms with E-state index in [1.54, 1.807) is 19.1 Å². The highest BCUT2D eigenvalue weighted by Gasteiger charge is 2.19. The molecule has 0 bridgehead atoms. The lowest BCUT2D eigenvalue weighted by Gasteiger charge is -2.09. The van der Waals surface area contributed by atoms with Gasteiger partial charge in [-0.05, 0) is 42.6 Å². The number of esters is 1. The van der Waals surface area contributed by atoms with E-state index >= 15 is 0 Å². The highest BCUT2D eigenvalue weighted by atomic mass is 32.2. The molecule has 0 N–H and O–H groups in total. The highest BCUT2D eigenvalue weighted by molar-refractivity contribution is 7.99. The molecule has 0 unspecified atom stereocenters. The maximum absolute atomic E-state index is 12.8. The molecule has 130 valence electrons. The number of thioether (sulfide) groups is 1. The fourth-order valence-corrected chi connectivity index (χ4v) is 3.47. The summed E-state index contributed by atoms with van der Waals surface area (Å²) in [7, 11) is 0. The number of aromatic nitrogens is 2. The highest BCUT2D eigenvalue weighted by Crippen LogP contribution is 2.26. The van der Waals surface area contributed by atoms with Gasteiger partial charge in [0.05, 0.1) is 11.3 Å². The van der Waals surface area contributed by atoms with Gasteiger partial charge in [-0.2, -0.15) is 0 Å². The van der Waals surface area contributed by atoms with Crippen LogP contribution in [0.2, 0.25) is 0 Å². The van der Waals surface area contributed by atoms with Crippen LogP contribution in [0.15, 0.2) is 51.1 Å². The fourth-order valence-electron chi connectivity index (χ4n) is 1.99. The number of halogens is 1. The molecule has 2 heterocycles. The Morgan fingerprint density at radius 2 is 2.12 bits per heavy atom. The lowest BCUT2D eigenvalue weighted by Crippen LogP contribution is -2.09. The number of hydrogen-bond acceptors (Lipinski definition) is 7. The summed E-state index contributed by atoms with van der Waals surface area (Å²) in [4.78, 5) is 13.7. The molecule has 8 heteroatoms. The topological polar surface area (TPSA) is 65.2 Å². The molecule has 25 heavy (non-hydrogen) atoms. The molecule has 3 rings (SSSR count). The molecule has 1 atom stereocenters. The monoisotopic (exact) mass is 378 g/mol. The van der Waals surface area contributed by atoms with E-state index in [0.717, 1.165) is 9.77 Å². The van der Waals surface area contributed by atoms with Crippen LogP contribution in [0.3, 0.4) is 0 Å². The second-order valence-corrected chi connectivity index (χ2v) is 7.22. The van der Waals surface area contributed by atoms with Crippen LogP contribution < -0.4 is 0 Å². The van der Waals surface area contributed by atoms with Crippen LogP contribution in [0.5, 0.6) is 0 Å². The van der Waals surface area contributed by atoms with E-state index in [1.807, 2.05) is 17.5 Å². The summed E-state index contributed by atoms with van der Waals surface area (Å²) in [6.45, 7) is 1.69. The van der Waals surface area contributed by atoms with E-state index in [0.29, 0.717) is 11.6 Å². The lowest BCUT2D eigenvalue weighted by molar-refractivity contribution is -0.149. The van der Waals surface area contributed by atoms with Crippen molar-refractivity contribution >= 4 is 29.1 Å². The Bertz CT molecular complexity index is 819. The number of carbonyl (C=O) groups excluding carboxylic acids is 1. The summed E-state index contributed by atoms with van der Waals surface area (Å²) >= 11 is 2.96. The largest absolute Gasteiger partial charge is 0.453 e. The summed E-state index contributed by atoms with van der Waals surface area (Å²) in [6, 6.07) is 9.92. The Morgan fingerprint density at radius 1 is 1.32 bits per heavy atom. The van der Waals surface area contributed by atoms with Gasteiger partial charge in [0.25, 0.3) is 11.8 Å². The van der Waals surface area contributed by atoms with Gasteiger partial charge in [0.1, 0.15) is 5.82 Å². The lowest BCUT2D eigenvalue weighted by atomic mass is 10.4. The summed E-state index contributed by atoms with van der Waals surface area (Å²) in [5.74, 6) is 0.598. The van der Waals surface area contributed by atoms with Crippen molar-refractivity contribution in [3.05, 3.63) is 53.5 Å². The maximum atomic E-state index is 12.8. The van der Waals surface area contributed by atoms with Crippen molar-refractivity contribution in [1.82, 2.24) is 10.2 Å². The Kier molecular flexibility index (Phi) is 5.83. The third-order valence-electron chi connectivity index (χ3n) is 3.22. The average Bonchev–Trinajstić information content (AvgIpc) is 3.28. The first-order chi connectivity index (χ1) is 12.1. The number of rotatable bonds is 7. The minimum absolute atomic E-state index is 0.234. The Hall–Kier alpha value is -2.19. The summed E-state index contributed by atoms with van der Waals surface area (Å²) in [5.41, 5.74) is 0. The minimum Gasteiger partial charge on any atom is -0.453 e. The predicted molar refractivity (Wildman–Crippen MR) is 93.9 cm³/mol. The SMILES string of the molecule is C[C@@H](OC(=O)CCSc1ccc(F)cc1)c1nnc(-c2cccs2)o1. The number of carbonyl (C=O) groups is 1. The van der Waals surface area contributed by atoms with Gasteiger partial charge in [-0.1, -0.05) is 6.07 Å². The number of ether oxygens (including phenoxy) is 1. The van der Waals surface area contributed by atoms with Crippen LogP contribution in [0.25, 0.3) is 10.8 Å². The van der Waals surface area contributed by atoms with Crippen LogP contribution in [0.1, 0.15) is 25.3 Å². The van der Waals surface area contributed by atoms with Gasteiger partial charge in [-0.3, -0.25) is 4.79 Å². The Morgan fingerprint density at radius 3 is 2.84 bits per heavy atom. The molecule has 0 aliphatic heterocycles. The Balaban J connectivity index is 1.46. The summed E-state index contributed by atoms with van der Waals surface area (Å²) in [6.07, 6.45) is -0.372. The quantitative estimate of drug-likeness (QED) is 0.438. The van der Waals surface area contributed by atoms with Crippen molar-refractivity contribution in [2.24, 2.45) is 0 Å². The number of thiophene rings is 1. The standard InChI is InChI=1S/C17H15FN2O3S2/c1-11(16-19-20-17(23-16)14-3-2-9-25-14)22-15(21)8-10-24-13-6-4-12(18)5-7-13/h2-7,9,11H,8,10H2,1H3/t11-/m1/s1. The third kappa shape index (κ3) is 4.90. The van der Waals surface area contributed by atoms with Crippen molar-refractivity contribution in [1.29, 1.82) is 0 Å². The van der Waals surface area contributed by atoms with E-state index in [1.165, 1.54) is 35.2 Å². The van der Waals surface area contributed by atoms with Gasteiger partial charge >= 0.3 is 5.97 Å². The van der Waals surface area contributed by atoms with Crippen LogP contribution >= 0.6 is 23.1 Å². The second-order valence-electron chi connectivity index (χ2n) is 5.11. The van der Waals surface area contributed by atoms with Gasteiger partial charge < -0.3 is 9.15 Å². The minimum atomic E-state index is -0.607. The van der Waals surface area contributed by atoms with Crippen molar-refractivity contribution in [2.75, 3.05) is 5.75 Å². The van der Waals surface area contributed by atoms with Crippen molar-refractivity contribution in [3.63, 3.8) is 0 Å². The molecule has 0 saturated carbocycles. The molecule has 0 aliphatic rings. The molecule has 3 aromatic rings. The van der Waals surface area contributed by atoms with E-state index in [4.69, 9.17) is 9.15 Å². The summed E-state index contributed by atoms with van der Waals surface area (Å²) in [5, 5.41) is 9.82. The molecular weight excluding hydrogens is 363 g/mol. The van der Waals surface area contributed by atoms with Crippen molar-refractivity contribution in [3.8, 4) is 10.8 Å². The number of benzene rings is 1. The van der Waals surface area contributed by atoms with E-state index in [-0.39, 0.29) is 24.1 Å². The number of nitrogens with zero attached hydrogens (tertiary/aromatic N) is 2. The Labute approximate surface area is 152 Å². The third-order valence-corrected chi connectivity index (χ3v) is 5.09. The molecule has 0 fully saturated rings. The molecule has 0 saturated heterocycles. The van der Waals surface area contributed by atoms with Crippen LogP contribution in [0, 0.1) is 5.82 Å². The zero-order chi connectivity index (χ0) is 17.6. The second kappa shape index (κ2) is 8.26. The molecule has 0 aliphatic carbocycles. The first-order valence-electron chi connectivity index (χ1n) is 7.57. The molecule has 0 amide bonds. The van der Waals surface area contributed by atoms with Crippen molar-refractivity contribution in [2.45, 2.75) is 24.3 Å². The van der Waals surface area contributed by atoms with E-state index in [9.17, 15) is 9.18 Å². The zero-order valence-corrected chi connectivity index (χ0v) is 15.0. The van der Waals surface area contributed by atoms with Gasteiger partial charge in [-0.15, -0.1) is 33.3 Å². The smallest absolute Gasteiger partial charge is 0.307 e. The molecule has 0 spiro atoms. The zero-order valence-electron chi connectivity index (χ0n) is 13.3. The van der Waals surface area contributed by atoms with Crippen LogP contribution in [-0.4, -0.2) is 21.9 Å². The first kappa shape index (κ1) is 17.6. The predicted octanol–water partition coefficient (Wildman–Crippen LogP) is 4.72. The van der Waals surface area contributed by atoms with E-state index in [2.05, 4.69) is 10.2 Å². The average molecular weight is 378 g/mol. The van der Waals surface area contributed by atoms with Crippen LogP contribution in [-0.2, 0) is 9.53 Å². The van der Waals surface area contributed by atoms with Gasteiger partial charge in [0.2, 0.25) is 0 Å². The number of hydrogen-bond donors (Lipinski definition) is 0. The molecule has 0 radical (unpaired) electrons. The van der Waals surface area contributed by atoms with Crippen molar-refractivity contribution < 1.29 is 18.3 Å². The maximum Gasteiger partial charge on any atom is 0.307 e. The summed E-state index contributed by atoms with van der Waals surface area (Å²) < 4.78 is 23.7. The fraction of sp³-hybridized carbons (Fsp3) is 0.235. The van der Waals surface area contributed by atoms with Gasteiger partial charge in [-0.25, -0.2) is 4.39 Å². The normalized spacial score (nSPS) is 12.1. The van der Waals surface area contributed by atoms with Gasteiger partial charge in [0, 0.05) is 10.6 Å². The molecule has 1 aromatic carbocycles. The molecular formula is C17H15FN2O3S2. The van der Waals surface area contributed by atoms with Gasteiger partial charge in [0.15, 0.2) is 6.10 Å². The van der Waals surface area contributed by atoms with E-state index < -0.39 is 6.10 Å². The van der Waals surface area contributed by atoms with Crippen LogP contribution in [0.4, 0.5) is 4.39 Å². The molecule has 2 aromatic heterocycles. The first-order valence-corrected chi connectivity index (χ1v) is 9.43.